The molecule has 4 heteroatoms. The first-order chi connectivity index (χ1) is 8.16. The quantitative estimate of drug-likeness (QED) is 0.809. The summed E-state index contributed by atoms with van der Waals surface area (Å²) in [5.74, 6) is 1.59. The number of hydrogen-bond acceptors (Lipinski definition) is 3. The highest BCUT2D eigenvalue weighted by Gasteiger charge is 2.51. The molecule has 0 aromatic heterocycles. The summed E-state index contributed by atoms with van der Waals surface area (Å²) in [6, 6.07) is 0.781. The van der Waals surface area contributed by atoms with Crippen LogP contribution in [-0.4, -0.2) is 34.2 Å². The van der Waals surface area contributed by atoms with E-state index < -0.39 is 5.97 Å². The molecule has 0 amide bonds. The minimum absolute atomic E-state index is 0.119. The van der Waals surface area contributed by atoms with Gasteiger partial charge in [0.15, 0.2) is 0 Å². The highest BCUT2D eigenvalue weighted by molar-refractivity contribution is 8.00. The molecule has 2 aliphatic carbocycles. The molecule has 6 unspecified atom stereocenters. The average Bonchev–Trinajstić information content (AvgIpc) is 2.95. The van der Waals surface area contributed by atoms with Gasteiger partial charge in [0.05, 0.1) is 5.92 Å². The van der Waals surface area contributed by atoms with Crippen LogP contribution >= 0.6 is 11.8 Å². The Bertz CT molecular complexity index is 323. The second kappa shape index (κ2) is 4.47. The fraction of sp³-hybridized carbons (Fsp3) is 0.923. The Balaban J connectivity index is 1.70. The molecule has 3 fully saturated rings. The van der Waals surface area contributed by atoms with E-state index in [0.717, 1.165) is 12.8 Å². The molecule has 3 rings (SSSR count). The monoisotopic (exact) mass is 255 g/mol. The molecular weight excluding hydrogens is 234 g/mol. The van der Waals surface area contributed by atoms with E-state index in [1.165, 1.54) is 18.6 Å². The molecule has 3 nitrogen and oxygen atoms in total. The van der Waals surface area contributed by atoms with Gasteiger partial charge < -0.3 is 10.4 Å². The number of carboxylic acid groups (broad SMARTS) is 1. The van der Waals surface area contributed by atoms with Crippen LogP contribution in [0.5, 0.6) is 0 Å². The van der Waals surface area contributed by atoms with Crippen LogP contribution in [0.2, 0.25) is 0 Å². The number of nitrogens with one attached hydrogen (secondary N) is 1. The van der Waals surface area contributed by atoms with Gasteiger partial charge in [0.1, 0.15) is 0 Å². The number of carboxylic acids is 1. The van der Waals surface area contributed by atoms with Crippen LogP contribution in [0.1, 0.15) is 32.6 Å². The molecule has 2 bridgehead atoms. The van der Waals surface area contributed by atoms with Crippen molar-refractivity contribution in [1.29, 1.82) is 0 Å². The van der Waals surface area contributed by atoms with Gasteiger partial charge in [-0.1, -0.05) is 6.92 Å². The summed E-state index contributed by atoms with van der Waals surface area (Å²) < 4.78 is 0. The predicted molar refractivity (Wildman–Crippen MR) is 69.2 cm³/mol. The third-order valence-electron chi connectivity index (χ3n) is 4.98. The summed E-state index contributed by atoms with van der Waals surface area (Å²) in [6.45, 7) is 2.26. The van der Waals surface area contributed by atoms with Crippen LogP contribution in [0.3, 0.4) is 0 Å². The molecule has 1 heterocycles. The molecule has 3 aliphatic rings. The van der Waals surface area contributed by atoms with Crippen molar-refractivity contribution in [3.63, 3.8) is 0 Å². The highest BCUT2D eigenvalue weighted by atomic mass is 32.2. The number of fused-ring (bicyclic) bond motifs is 2. The van der Waals surface area contributed by atoms with Gasteiger partial charge in [0.25, 0.3) is 0 Å². The van der Waals surface area contributed by atoms with Gasteiger partial charge in [-0.25, -0.2) is 0 Å². The Morgan fingerprint density at radius 2 is 2.06 bits per heavy atom. The van der Waals surface area contributed by atoms with Gasteiger partial charge in [-0.2, -0.15) is 11.8 Å². The molecule has 6 atom stereocenters. The highest BCUT2D eigenvalue weighted by Crippen LogP contribution is 2.49. The van der Waals surface area contributed by atoms with Crippen molar-refractivity contribution >= 4 is 17.7 Å². The Morgan fingerprint density at radius 1 is 1.29 bits per heavy atom. The van der Waals surface area contributed by atoms with Crippen LogP contribution in [0, 0.1) is 17.8 Å². The molecule has 96 valence electrons. The van der Waals surface area contributed by atoms with Crippen LogP contribution in [0.15, 0.2) is 0 Å². The predicted octanol–water partition coefficient (Wildman–Crippen LogP) is 1.97. The zero-order valence-corrected chi connectivity index (χ0v) is 11.1. The van der Waals surface area contributed by atoms with Gasteiger partial charge >= 0.3 is 5.97 Å². The smallest absolute Gasteiger partial charge is 0.308 e. The van der Waals surface area contributed by atoms with Crippen LogP contribution in [-0.2, 0) is 4.79 Å². The normalized spacial score (nSPS) is 48.8. The Kier molecular flexibility index (Phi) is 3.11. The first-order valence-corrected chi connectivity index (χ1v) is 7.82. The Hall–Kier alpha value is -0.220. The number of carbonyl (C=O) groups is 1. The molecule has 17 heavy (non-hydrogen) atoms. The third kappa shape index (κ3) is 1.99. The molecule has 1 saturated heterocycles. The molecular formula is C13H21NO2S. The van der Waals surface area contributed by atoms with Crippen molar-refractivity contribution in [2.45, 2.75) is 49.9 Å². The Morgan fingerprint density at radius 3 is 2.71 bits per heavy atom. The lowest BCUT2D eigenvalue weighted by molar-refractivity contribution is -0.144. The maximum absolute atomic E-state index is 11.4. The summed E-state index contributed by atoms with van der Waals surface area (Å²) in [7, 11) is 0. The fourth-order valence-electron chi connectivity index (χ4n) is 4.08. The van der Waals surface area contributed by atoms with Crippen molar-refractivity contribution in [3.8, 4) is 0 Å². The molecule has 0 aromatic rings. The lowest BCUT2D eigenvalue weighted by Crippen LogP contribution is -2.50. The number of thioether (sulfide) groups is 1. The maximum atomic E-state index is 11.4. The molecule has 0 spiro atoms. The fourth-order valence-corrected chi connectivity index (χ4v) is 5.29. The van der Waals surface area contributed by atoms with E-state index in [1.54, 1.807) is 0 Å². The third-order valence-corrected chi connectivity index (χ3v) is 6.31. The van der Waals surface area contributed by atoms with E-state index in [9.17, 15) is 9.90 Å². The van der Waals surface area contributed by atoms with Gasteiger partial charge in [0, 0.05) is 17.3 Å². The summed E-state index contributed by atoms with van der Waals surface area (Å²) in [4.78, 5) is 11.4. The standard InChI is InChI=1S/C13H21NO2S/c1-7-10(4-5-17-7)14-12-9-3-2-8(6-9)11(12)13(15)16/h7-12,14H,2-6H2,1H3,(H,15,16). The van der Waals surface area contributed by atoms with Crippen LogP contribution < -0.4 is 5.32 Å². The van der Waals surface area contributed by atoms with Crippen LogP contribution in [0.4, 0.5) is 0 Å². The second-order valence-corrected chi connectivity index (χ2v) is 7.35. The van der Waals surface area contributed by atoms with Crippen molar-refractivity contribution < 1.29 is 9.90 Å². The number of rotatable bonds is 3. The van der Waals surface area contributed by atoms with E-state index in [0.29, 0.717) is 23.1 Å². The van der Waals surface area contributed by atoms with Gasteiger partial charge in [0.2, 0.25) is 0 Å². The summed E-state index contributed by atoms with van der Waals surface area (Å²) >= 11 is 2.01. The van der Waals surface area contributed by atoms with Gasteiger partial charge in [-0.05, 0) is 43.3 Å². The van der Waals surface area contributed by atoms with E-state index in [4.69, 9.17) is 0 Å². The van der Waals surface area contributed by atoms with Crippen molar-refractivity contribution in [3.05, 3.63) is 0 Å². The molecule has 2 saturated carbocycles. The van der Waals surface area contributed by atoms with Crippen molar-refractivity contribution in [2.75, 3.05) is 5.75 Å². The number of hydrogen-bond donors (Lipinski definition) is 2. The first kappa shape index (κ1) is 11.8. The zero-order chi connectivity index (χ0) is 12.0. The van der Waals surface area contributed by atoms with Gasteiger partial charge in [-0.15, -0.1) is 0 Å². The van der Waals surface area contributed by atoms with Crippen molar-refractivity contribution in [1.82, 2.24) is 5.32 Å². The van der Waals surface area contributed by atoms with Gasteiger partial charge in [-0.3, -0.25) is 4.79 Å². The average molecular weight is 255 g/mol. The lowest BCUT2D eigenvalue weighted by atomic mass is 9.84. The lowest BCUT2D eigenvalue weighted by Gasteiger charge is -2.32. The minimum atomic E-state index is -0.576. The number of aliphatic carboxylic acids is 1. The summed E-state index contributed by atoms with van der Waals surface area (Å²) in [6.07, 6.45) is 4.71. The summed E-state index contributed by atoms with van der Waals surface area (Å²) in [5.41, 5.74) is 0. The van der Waals surface area contributed by atoms with E-state index >= 15 is 0 Å². The van der Waals surface area contributed by atoms with E-state index in [2.05, 4.69) is 12.2 Å². The zero-order valence-electron chi connectivity index (χ0n) is 10.3. The Labute approximate surface area is 107 Å². The SMILES string of the molecule is CC1SCCC1NC1C2CCC(C2)C1C(=O)O. The minimum Gasteiger partial charge on any atom is -0.481 e. The largest absolute Gasteiger partial charge is 0.481 e. The molecule has 0 aromatic carbocycles. The molecule has 2 N–H and O–H groups in total. The molecule has 1 aliphatic heterocycles. The maximum Gasteiger partial charge on any atom is 0.308 e. The molecule has 0 radical (unpaired) electrons. The first-order valence-electron chi connectivity index (χ1n) is 6.77. The van der Waals surface area contributed by atoms with Crippen LogP contribution in [0.25, 0.3) is 0 Å². The van der Waals surface area contributed by atoms with E-state index in [-0.39, 0.29) is 12.0 Å². The summed E-state index contributed by atoms with van der Waals surface area (Å²) in [5, 5.41) is 13.7. The van der Waals surface area contributed by atoms with E-state index in [1.807, 2.05) is 11.8 Å². The topological polar surface area (TPSA) is 49.3 Å². The second-order valence-electron chi connectivity index (χ2n) is 5.86. The van der Waals surface area contributed by atoms with Crippen molar-refractivity contribution in [2.24, 2.45) is 17.8 Å².